The maximum absolute atomic E-state index is 12.8. The molecular formula is C21H26N2O5S2. The SMILES string of the molecule is CC(C)(C)c1ccccc1NC(=O)c1cccc(S(=O)(=O)NC2CCS(=O)(=O)C2)c1. The zero-order valence-corrected chi connectivity index (χ0v) is 18.8. The molecule has 0 bridgehead atoms. The maximum atomic E-state index is 12.8. The van der Waals surface area contributed by atoms with Gasteiger partial charge < -0.3 is 5.32 Å². The second kappa shape index (κ2) is 8.13. The van der Waals surface area contributed by atoms with Gasteiger partial charge >= 0.3 is 0 Å². The highest BCUT2D eigenvalue weighted by Gasteiger charge is 2.31. The smallest absolute Gasteiger partial charge is 0.255 e. The third-order valence-electron chi connectivity index (χ3n) is 4.94. The second-order valence-electron chi connectivity index (χ2n) is 8.50. The number of hydrogen-bond acceptors (Lipinski definition) is 5. The number of carbonyl (C=O) groups excluding carboxylic acids is 1. The van der Waals surface area contributed by atoms with Crippen LogP contribution in [0.2, 0.25) is 0 Å². The summed E-state index contributed by atoms with van der Waals surface area (Å²) in [5, 5.41) is 2.86. The van der Waals surface area contributed by atoms with Crippen LogP contribution in [-0.4, -0.2) is 40.3 Å². The number of hydrogen-bond donors (Lipinski definition) is 2. The zero-order valence-electron chi connectivity index (χ0n) is 17.2. The van der Waals surface area contributed by atoms with Crippen molar-refractivity contribution in [1.29, 1.82) is 0 Å². The average molecular weight is 451 g/mol. The van der Waals surface area contributed by atoms with E-state index in [1.54, 1.807) is 6.07 Å². The minimum Gasteiger partial charge on any atom is -0.322 e. The van der Waals surface area contributed by atoms with Crippen molar-refractivity contribution >= 4 is 31.5 Å². The summed E-state index contributed by atoms with van der Waals surface area (Å²) < 4.78 is 51.0. The molecule has 162 valence electrons. The van der Waals surface area contributed by atoms with Crippen molar-refractivity contribution in [3.63, 3.8) is 0 Å². The first kappa shape index (κ1) is 22.5. The molecule has 3 rings (SSSR count). The predicted octanol–water partition coefficient (Wildman–Crippen LogP) is 2.70. The van der Waals surface area contributed by atoms with Crippen LogP contribution >= 0.6 is 0 Å². The molecule has 1 unspecified atom stereocenters. The first-order valence-electron chi connectivity index (χ1n) is 9.61. The topological polar surface area (TPSA) is 109 Å². The molecule has 1 heterocycles. The Labute approximate surface area is 177 Å². The molecule has 0 saturated carbocycles. The Morgan fingerprint density at radius 3 is 2.40 bits per heavy atom. The van der Waals surface area contributed by atoms with Crippen molar-refractivity contribution in [3.05, 3.63) is 59.7 Å². The van der Waals surface area contributed by atoms with Crippen LogP contribution < -0.4 is 10.0 Å². The van der Waals surface area contributed by atoms with Crippen molar-refractivity contribution in [2.45, 2.75) is 43.5 Å². The second-order valence-corrected chi connectivity index (χ2v) is 12.4. The molecule has 1 saturated heterocycles. The molecule has 1 aliphatic heterocycles. The molecule has 0 aromatic heterocycles. The molecule has 1 fully saturated rings. The van der Waals surface area contributed by atoms with Gasteiger partial charge in [-0.2, -0.15) is 0 Å². The van der Waals surface area contributed by atoms with Gasteiger partial charge in [0.05, 0.1) is 16.4 Å². The van der Waals surface area contributed by atoms with Gasteiger partial charge in [0, 0.05) is 17.3 Å². The van der Waals surface area contributed by atoms with Crippen molar-refractivity contribution < 1.29 is 21.6 Å². The van der Waals surface area contributed by atoms with Crippen molar-refractivity contribution in [2.24, 2.45) is 0 Å². The van der Waals surface area contributed by atoms with Gasteiger partial charge in [0.25, 0.3) is 5.91 Å². The lowest BCUT2D eigenvalue weighted by Crippen LogP contribution is -2.35. The Kier molecular flexibility index (Phi) is 6.08. The summed E-state index contributed by atoms with van der Waals surface area (Å²) in [7, 11) is -7.16. The predicted molar refractivity (Wildman–Crippen MR) is 117 cm³/mol. The van der Waals surface area contributed by atoms with Crippen molar-refractivity contribution in [1.82, 2.24) is 4.72 Å². The van der Waals surface area contributed by atoms with E-state index in [9.17, 15) is 21.6 Å². The Bertz CT molecular complexity index is 1170. The van der Waals surface area contributed by atoms with Crippen LogP contribution in [0.1, 0.15) is 43.1 Å². The number of carbonyl (C=O) groups is 1. The van der Waals surface area contributed by atoms with E-state index < -0.39 is 31.8 Å². The fraction of sp³-hybridized carbons (Fsp3) is 0.381. The summed E-state index contributed by atoms with van der Waals surface area (Å²) in [6.07, 6.45) is 0.241. The van der Waals surface area contributed by atoms with Crippen molar-refractivity contribution in [2.75, 3.05) is 16.8 Å². The Hall–Kier alpha value is -2.23. The summed E-state index contributed by atoms with van der Waals surface area (Å²) in [6.45, 7) is 6.13. The molecule has 0 radical (unpaired) electrons. The van der Waals surface area contributed by atoms with Crippen LogP contribution in [0.15, 0.2) is 53.4 Å². The van der Waals surface area contributed by atoms with Gasteiger partial charge in [-0.15, -0.1) is 0 Å². The number of anilines is 1. The lowest BCUT2D eigenvalue weighted by molar-refractivity contribution is 0.102. The normalized spacial score (nSPS) is 18.8. The minimum absolute atomic E-state index is 0.0319. The van der Waals surface area contributed by atoms with E-state index in [1.807, 2.05) is 39.0 Å². The van der Waals surface area contributed by atoms with Crippen LogP contribution in [0.25, 0.3) is 0 Å². The molecule has 0 aliphatic carbocycles. The average Bonchev–Trinajstić information content (AvgIpc) is 2.99. The third kappa shape index (κ3) is 5.27. The summed E-state index contributed by atoms with van der Waals surface area (Å²) in [5.41, 5.74) is 1.64. The molecule has 2 N–H and O–H groups in total. The van der Waals surface area contributed by atoms with Crippen LogP contribution in [0.4, 0.5) is 5.69 Å². The maximum Gasteiger partial charge on any atom is 0.255 e. The third-order valence-corrected chi connectivity index (χ3v) is 8.23. The van der Waals surface area contributed by atoms with Crippen LogP contribution in [0.3, 0.4) is 0 Å². The highest BCUT2D eigenvalue weighted by molar-refractivity contribution is 7.92. The molecule has 1 aliphatic rings. The van der Waals surface area contributed by atoms with E-state index in [2.05, 4.69) is 10.0 Å². The van der Waals surface area contributed by atoms with Crippen LogP contribution in [-0.2, 0) is 25.3 Å². The molecule has 1 amide bonds. The summed E-state index contributed by atoms with van der Waals surface area (Å²) >= 11 is 0. The van der Waals surface area contributed by atoms with E-state index in [-0.39, 0.29) is 33.8 Å². The number of amides is 1. The number of para-hydroxylation sites is 1. The Balaban J connectivity index is 1.81. The summed E-state index contributed by atoms with van der Waals surface area (Å²) in [4.78, 5) is 12.7. The van der Waals surface area contributed by atoms with E-state index in [1.165, 1.54) is 24.3 Å². The number of sulfonamides is 1. The largest absolute Gasteiger partial charge is 0.322 e. The van der Waals surface area contributed by atoms with Gasteiger partial charge in [0.2, 0.25) is 10.0 Å². The van der Waals surface area contributed by atoms with Gasteiger partial charge in [-0.1, -0.05) is 45.0 Å². The fourth-order valence-electron chi connectivity index (χ4n) is 3.42. The van der Waals surface area contributed by atoms with Gasteiger partial charge in [0.1, 0.15) is 0 Å². The van der Waals surface area contributed by atoms with Gasteiger partial charge in [0.15, 0.2) is 9.84 Å². The van der Waals surface area contributed by atoms with E-state index in [0.29, 0.717) is 5.69 Å². The standard InChI is InChI=1S/C21H26N2O5S2/c1-21(2,3)18-9-4-5-10-19(18)22-20(24)15-7-6-8-17(13-15)30(27,28)23-16-11-12-29(25,26)14-16/h4-10,13,16,23H,11-12,14H2,1-3H3,(H,22,24). The van der Waals surface area contributed by atoms with E-state index in [4.69, 9.17) is 0 Å². The molecule has 9 heteroatoms. The number of rotatable bonds is 5. The Morgan fingerprint density at radius 2 is 1.77 bits per heavy atom. The first-order chi connectivity index (χ1) is 13.9. The summed E-state index contributed by atoms with van der Waals surface area (Å²) in [6, 6.07) is 12.5. The molecule has 0 spiro atoms. The molecule has 2 aromatic carbocycles. The molecule has 30 heavy (non-hydrogen) atoms. The van der Waals surface area contributed by atoms with Crippen LogP contribution in [0.5, 0.6) is 0 Å². The number of benzene rings is 2. The number of sulfone groups is 1. The van der Waals surface area contributed by atoms with Gasteiger partial charge in [-0.05, 0) is 41.7 Å². The number of nitrogens with one attached hydrogen (secondary N) is 2. The van der Waals surface area contributed by atoms with Crippen LogP contribution in [0, 0.1) is 0 Å². The van der Waals surface area contributed by atoms with Gasteiger partial charge in [-0.25, -0.2) is 21.6 Å². The molecular weight excluding hydrogens is 424 g/mol. The van der Waals surface area contributed by atoms with E-state index in [0.717, 1.165) is 5.56 Å². The lowest BCUT2D eigenvalue weighted by Gasteiger charge is -2.23. The lowest BCUT2D eigenvalue weighted by atomic mass is 9.86. The fourth-order valence-corrected chi connectivity index (χ4v) is 6.52. The summed E-state index contributed by atoms with van der Waals surface area (Å²) in [5.74, 6) is -0.668. The van der Waals surface area contributed by atoms with Gasteiger partial charge in [-0.3, -0.25) is 4.79 Å². The quantitative estimate of drug-likeness (QED) is 0.728. The minimum atomic E-state index is -3.95. The van der Waals surface area contributed by atoms with E-state index >= 15 is 0 Å². The monoisotopic (exact) mass is 450 g/mol. The Morgan fingerprint density at radius 1 is 1.07 bits per heavy atom. The molecule has 2 aromatic rings. The molecule has 1 atom stereocenters. The highest BCUT2D eigenvalue weighted by Crippen LogP contribution is 2.29. The molecule has 7 nitrogen and oxygen atoms in total. The first-order valence-corrected chi connectivity index (χ1v) is 12.9. The van der Waals surface area contributed by atoms with Crippen molar-refractivity contribution in [3.8, 4) is 0 Å². The zero-order chi connectivity index (χ0) is 22.2. The highest BCUT2D eigenvalue weighted by atomic mass is 32.2.